The van der Waals surface area contributed by atoms with Crippen LogP contribution in [0.1, 0.15) is 83.6 Å². The van der Waals surface area contributed by atoms with Crippen LogP contribution in [0.2, 0.25) is 0 Å². The van der Waals surface area contributed by atoms with E-state index in [4.69, 9.17) is 9.15 Å². The predicted molar refractivity (Wildman–Crippen MR) is 118 cm³/mol. The van der Waals surface area contributed by atoms with Gasteiger partial charge >= 0.3 is 11.6 Å². The number of rotatable bonds is 2. The molecule has 1 heterocycles. The van der Waals surface area contributed by atoms with Gasteiger partial charge in [0.25, 0.3) is 0 Å². The first-order valence-electron chi connectivity index (χ1n) is 12.2. The highest BCUT2D eigenvalue weighted by Gasteiger charge is 2.70. The molecular formula is C26H36O6. The molecule has 2 N–H and O–H groups in total. The first-order chi connectivity index (χ1) is 15.1. The number of hydrogen-bond acceptors (Lipinski definition) is 6. The molecule has 176 valence electrons. The summed E-state index contributed by atoms with van der Waals surface area (Å²) in [5.74, 6) is 0.469. The van der Waals surface area contributed by atoms with Gasteiger partial charge in [-0.25, -0.2) is 4.79 Å². The van der Waals surface area contributed by atoms with Crippen molar-refractivity contribution in [2.24, 2.45) is 28.6 Å². The van der Waals surface area contributed by atoms with Gasteiger partial charge < -0.3 is 19.4 Å². The summed E-state index contributed by atoms with van der Waals surface area (Å²) in [5.41, 5.74) is -0.903. The van der Waals surface area contributed by atoms with Crippen molar-refractivity contribution in [3.8, 4) is 0 Å². The van der Waals surface area contributed by atoms with Crippen LogP contribution in [0.5, 0.6) is 0 Å². The maximum atomic E-state index is 12.5. The van der Waals surface area contributed by atoms with E-state index in [2.05, 4.69) is 13.8 Å². The summed E-state index contributed by atoms with van der Waals surface area (Å²) >= 11 is 0. The number of esters is 1. The molecule has 1 aromatic heterocycles. The number of aliphatic hydroxyl groups excluding tert-OH is 1. The molecule has 0 saturated heterocycles. The van der Waals surface area contributed by atoms with Gasteiger partial charge in [0.05, 0.1) is 18.0 Å². The van der Waals surface area contributed by atoms with Gasteiger partial charge in [0.15, 0.2) is 0 Å². The largest absolute Gasteiger partial charge is 0.462 e. The third-order valence-corrected chi connectivity index (χ3v) is 10.2. The van der Waals surface area contributed by atoms with Crippen molar-refractivity contribution in [1.82, 2.24) is 0 Å². The highest BCUT2D eigenvalue weighted by atomic mass is 16.5. The van der Waals surface area contributed by atoms with Gasteiger partial charge in [0.2, 0.25) is 0 Å². The van der Waals surface area contributed by atoms with E-state index in [0.717, 1.165) is 50.5 Å². The third kappa shape index (κ3) is 3.05. The number of carbonyl (C=O) groups is 1. The summed E-state index contributed by atoms with van der Waals surface area (Å²) in [6, 6.07) is 3.17. The Balaban J connectivity index is 1.55. The molecule has 0 radical (unpaired) electrons. The molecule has 9 atom stereocenters. The highest BCUT2D eigenvalue weighted by Crippen LogP contribution is 2.70. The molecule has 0 spiro atoms. The molecule has 4 aliphatic carbocycles. The van der Waals surface area contributed by atoms with Gasteiger partial charge in [0, 0.05) is 30.7 Å². The number of hydrogen-bond donors (Lipinski definition) is 2. The molecule has 0 bridgehead atoms. The monoisotopic (exact) mass is 444 g/mol. The second-order valence-corrected chi connectivity index (χ2v) is 11.5. The Morgan fingerprint density at radius 1 is 1.12 bits per heavy atom. The van der Waals surface area contributed by atoms with E-state index in [1.165, 1.54) is 19.3 Å². The van der Waals surface area contributed by atoms with Gasteiger partial charge in [-0.05, 0) is 79.7 Å². The quantitative estimate of drug-likeness (QED) is 0.674. The van der Waals surface area contributed by atoms with Crippen molar-refractivity contribution in [3.63, 3.8) is 0 Å². The van der Waals surface area contributed by atoms with E-state index in [1.807, 2.05) is 0 Å². The van der Waals surface area contributed by atoms with Crippen LogP contribution in [0.3, 0.4) is 0 Å². The van der Waals surface area contributed by atoms with Crippen LogP contribution in [0, 0.1) is 28.6 Å². The smallest absolute Gasteiger partial charge is 0.335 e. The zero-order valence-electron chi connectivity index (χ0n) is 19.4. The molecule has 3 unspecified atom stereocenters. The fraction of sp³-hybridized carbons (Fsp3) is 0.769. The number of fused-ring (bicyclic) bond motifs is 5. The predicted octanol–water partition coefficient (Wildman–Crippen LogP) is 3.78. The summed E-state index contributed by atoms with van der Waals surface area (Å²) in [4.78, 5) is 23.6. The molecule has 4 aliphatic rings. The summed E-state index contributed by atoms with van der Waals surface area (Å²) in [5, 5.41) is 22.7. The maximum Gasteiger partial charge on any atom is 0.335 e. The summed E-state index contributed by atoms with van der Waals surface area (Å²) in [6.07, 6.45) is 7.78. The Morgan fingerprint density at radius 3 is 2.59 bits per heavy atom. The Kier molecular flexibility index (Phi) is 5.14. The lowest BCUT2D eigenvalue weighted by molar-refractivity contribution is -0.205. The van der Waals surface area contributed by atoms with Crippen LogP contribution in [0.15, 0.2) is 27.6 Å². The molecule has 4 saturated carbocycles. The van der Waals surface area contributed by atoms with Crippen molar-refractivity contribution in [1.29, 1.82) is 0 Å². The van der Waals surface area contributed by atoms with E-state index in [1.54, 1.807) is 6.07 Å². The van der Waals surface area contributed by atoms with E-state index < -0.39 is 22.7 Å². The Labute approximate surface area is 189 Å². The van der Waals surface area contributed by atoms with Gasteiger partial charge in [-0.3, -0.25) is 4.79 Å². The standard InChI is InChI=1S/C26H36O6/c1-15(27)32-21-13-26(30)20-6-5-17-12-18(28)8-10-24(17,2)19(20)9-11-25(26,3)23(21)16-4-7-22(29)31-14-16/h4,7,14,17-21,23,28,30H,5-6,8-13H2,1-3H3/t17?,18-,19?,20?,21-,23-,24-,25+,26-/m0/s1. The Morgan fingerprint density at radius 2 is 1.91 bits per heavy atom. The molecule has 6 heteroatoms. The molecule has 4 fully saturated rings. The Hall–Kier alpha value is -1.66. The number of aliphatic hydroxyl groups is 2. The van der Waals surface area contributed by atoms with Gasteiger partial charge in [-0.2, -0.15) is 0 Å². The van der Waals surface area contributed by atoms with Gasteiger partial charge in [-0.15, -0.1) is 0 Å². The summed E-state index contributed by atoms with van der Waals surface area (Å²) in [6.45, 7) is 5.94. The van der Waals surface area contributed by atoms with Crippen LogP contribution in [0.4, 0.5) is 0 Å². The van der Waals surface area contributed by atoms with Crippen molar-refractivity contribution in [2.45, 2.75) is 95.9 Å². The SMILES string of the molecule is CC(=O)O[C@H]1C[C@]2(O)C3CCC4C[C@@H](O)CC[C@]4(C)C3CC[C@]2(C)[C@H]1c1ccc(=O)oc1. The molecule has 6 nitrogen and oxygen atoms in total. The van der Waals surface area contributed by atoms with Crippen molar-refractivity contribution in [3.05, 3.63) is 34.4 Å². The van der Waals surface area contributed by atoms with E-state index in [-0.39, 0.29) is 29.3 Å². The van der Waals surface area contributed by atoms with Crippen LogP contribution >= 0.6 is 0 Å². The van der Waals surface area contributed by atoms with Crippen LogP contribution < -0.4 is 5.63 Å². The highest BCUT2D eigenvalue weighted by molar-refractivity contribution is 5.66. The topological polar surface area (TPSA) is 97.0 Å². The number of ether oxygens (including phenoxy) is 1. The average Bonchev–Trinajstić information content (AvgIpc) is 2.95. The molecule has 5 rings (SSSR count). The molecule has 1 aromatic rings. The zero-order chi connectivity index (χ0) is 22.9. The first kappa shape index (κ1) is 22.1. The van der Waals surface area contributed by atoms with Crippen molar-refractivity contribution >= 4 is 5.97 Å². The van der Waals surface area contributed by atoms with Gasteiger partial charge in [0.1, 0.15) is 6.10 Å². The fourth-order valence-corrected chi connectivity index (χ4v) is 8.67. The molecule has 0 aromatic carbocycles. The fourth-order valence-electron chi connectivity index (χ4n) is 8.67. The van der Waals surface area contributed by atoms with Crippen molar-refractivity contribution < 1.29 is 24.2 Å². The second-order valence-electron chi connectivity index (χ2n) is 11.5. The summed E-state index contributed by atoms with van der Waals surface area (Å²) in [7, 11) is 0. The number of carbonyl (C=O) groups excluding carboxylic acids is 1. The van der Waals surface area contributed by atoms with Crippen LogP contribution in [0.25, 0.3) is 0 Å². The molecule has 0 aliphatic heterocycles. The van der Waals surface area contributed by atoms with Crippen LogP contribution in [-0.2, 0) is 9.53 Å². The molecule has 0 amide bonds. The first-order valence-corrected chi connectivity index (χ1v) is 12.2. The van der Waals surface area contributed by atoms with E-state index in [0.29, 0.717) is 18.3 Å². The lowest BCUT2D eigenvalue weighted by atomic mass is 9.43. The normalized spacial score (nSPS) is 47.8. The van der Waals surface area contributed by atoms with Crippen molar-refractivity contribution in [2.75, 3.05) is 0 Å². The summed E-state index contributed by atoms with van der Waals surface area (Å²) < 4.78 is 11.0. The average molecular weight is 445 g/mol. The molecule has 32 heavy (non-hydrogen) atoms. The van der Waals surface area contributed by atoms with E-state index >= 15 is 0 Å². The minimum Gasteiger partial charge on any atom is -0.462 e. The lowest BCUT2D eigenvalue weighted by Crippen LogP contribution is -2.62. The van der Waals surface area contributed by atoms with Gasteiger partial charge in [-0.1, -0.05) is 13.8 Å². The zero-order valence-corrected chi connectivity index (χ0v) is 19.4. The maximum absolute atomic E-state index is 12.5. The second kappa shape index (κ2) is 7.42. The minimum atomic E-state index is -0.957. The molecular weight excluding hydrogens is 408 g/mol. The van der Waals surface area contributed by atoms with E-state index in [9.17, 15) is 19.8 Å². The van der Waals surface area contributed by atoms with Crippen LogP contribution in [-0.4, -0.2) is 34.0 Å². The minimum absolute atomic E-state index is 0.133. The Bertz CT molecular complexity index is 935. The third-order valence-electron chi connectivity index (χ3n) is 10.2. The lowest BCUT2D eigenvalue weighted by Gasteiger charge is -2.63.